The fourth-order valence-electron chi connectivity index (χ4n) is 2.62. The van der Waals surface area contributed by atoms with Crippen LogP contribution in [0.4, 0.5) is 22.0 Å². The van der Waals surface area contributed by atoms with Gasteiger partial charge in [-0.05, 0) is 55.8 Å². The van der Waals surface area contributed by atoms with Gasteiger partial charge in [0.15, 0.2) is 12.1 Å². The largest absolute Gasteiger partial charge is 0.464 e. The minimum absolute atomic E-state index is 0.0799. The van der Waals surface area contributed by atoms with Gasteiger partial charge in [-0.1, -0.05) is 0 Å². The maximum atomic E-state index is 14.9. The van der Waals surface area contributed by atoms with Crippen LogP contribution < -0.4 is 0 Å². The van der Waals surface area contributed by atoms with Gasteiger partial charge >= 0.3 is 12.1 Å². The fraction of sp³-hybridized carbons (Fsp3) is 0.588. The fourth-order valence-corrected chi connectivity index (χ4v) is 2.93. The van der Waals surface area contributed by atoms with E-state index in [1.807, 2.05) is 0 Å². The average molecular weight is 473 g/mol. The summed E-state index contributed by atoms with van der Waals surface area (Å²) in [5.74, 6) is -2.68. The normalized spacial score (nSPS) is 25.7. The Morgan fingerprint density at radius 2 is 1.93 bits per heavy atom. The van der Waals surface area contributed by atoms with Crippen LogP contribution in [0, 0.1) is 5.82 Å². The highest BCUT2D eigenvalue weighted by atomic mass is 79.9. The minimum Gasteiger partial charge on any atom is -0.464 e. The molecule has 156 valence electrons. The van der Waals surface area contributed by atoms with Crippen LogP contribution in [-0.4, -0.2) is 40.9 Å². The molecule has 2 rings (SSSR count). The molecular weight excluding hydrogens is 455 g/mol. The highest BCUT2D eigenvalue weighted by molar-refractivity contribution is 9.10. The van der Waals surface area contributed by atoms with Gasteiger partial charge in [0.2, 0.25) is 6.10 Å². The van der Waals surface area contributed by atoms with Crippen molar-refractivity contribution in [2.45, 2.75) is 63.7 Å². The summed E-state index contributed by atoms with van der Waals surface area (Å²) in [6.45, 7) is 5.66. The molecule has 0 aromatic carbocycles. The van der Waals surface area contributed by atoms with E-state index in [0.29, 0.717) is 0 Å². The number of pyridine rings is 1. The van der Waals surface area contributed by atoms with E-state index >= 15 is 0 Å². The number of ether oxygens (including phenoxy) is 2. The molecule has 0 fully saturated rings. The van der Waals surface area contributed by atoms with Crippen LogP contribution in [0.2, 0.25) is 0 Å². The molecule has 0 N–H and O–H groups in total. The van der Waals surface area contributed by atoms with Crippen LogP contribution in [0.15, 0.2) is 21.7 Å². The molecule has 0 aliphatic carbocycles. The van der Waals surface area contributed by atoms with Crippen LogP contribution >= 0.6 is 15.9 Å². The first-order chi connectivity index (χ1) is 12.6. The second-order valence-corrected chi connectivity index (χ2v) is 8.17. The third-order valence-electron chi connectivity index (χ3n) is 3.75. The van der Waals surface area contributed by atoms with Crippen molar-refractivity contribution in [2.24, 2.45) is 4.99 Å². The first-order valence-electron chi connectivity index (χ1n) is 8.14. The van der Waals surface area contributed by atoms with Crippen molar-refractivity contribution in [1.82, 2.24) is 4.98 Å². The molecule has 0 saturated heterocycles. The molecule has 0 spiro atoms. The lowest BCUT2D eigenvalue weighted by atomic mass is 9.86. The number of alkyl halides is 4. The Kier molecular flexibility index (Phi) is 6.08. The molecule has 1 aromatic heterocycles. The van der Waals surface area contributed by atoms with Crippen molar-refractivity contribution < 1.29 is 36.2 Å². The second-order valence-electron chi connectivity index (χ2n) is 7.36. The van der Waals surface area contributed by atoms with Gasteiger partial charge in [0.05, 0.1) is 0 Å². The van der Waals surface area contributed by atoms with E-state index in [2.05, 4.69) is 30.6 Å². The van der Waals surface area contributed by atoms with E-state index < -0.39 is 59.4 Å². The lowest BCUT2D eigenvalue weighted by Crippen LogP contribution is -2.54. The van der Waals surface area contributed by atoms with Crippen molar-refractivity contribution in [1.29, 1.82) is 0 Å². The van der Waals surface area contributed by atoms with Crippen molar-refractivity contribution in [3.63, 3.8) is 0 Å². The molecule has 3 atom stereocenters. The molecule has 2 heterocycles. The third-order valence-corrected chi connectivity index (χ3v) is 4.19. The Morgan fingerprint density at radius 3 is 2.46 bits per heavy atom. The molecule has 0 bridgehead atoms. The number of aromatic nitrogens is 1. The van der Waals surface area contributed by atoms with Gasteiger partial charge < -0.3 is 9.47 Å². The molecule has 5 nitrogen and oxygen atoms in total. The van der Waals surface area contributed by atoms with E-state index in [0.717, 1.165) is 13.0 Å². The molecule has 1 aromatic rings. The minimum atomic E-state index is -5.13. The second kappa shape index (κ2) is 7.57. The number of carbonyl (C=O) groups is 1. The summed E-state index contributed by atoms with van der Waals surface area (Å²) in [7, 11) is 0. The Bertz CT molecular complexity index is 794. The van der Waals surface area contributed by atoms with E-state index in [1.54, 1.807) is 20.8 Å². The molecule has 0 radical (unpaired) electrons. The topological polar surface area (TPSA) is 60.8 Å². The predicted molar refractivity (Wildman–Crippen MR) is 93.0 cm³/mol. The monoisotopic (exact) mass is 472 g/mol. The van der Waals surface area contributed by atoms with Gasteiger partial charge in [-0.25, -0.2) is 18.8 Å². The van der Waals surface area contributed by atoms with Gasteiger partial charge in [0, 0.05) is 0 Å². The van der Waals surface area contributed by atoms with Gasteiger partial charge in [0.25, 0.3) is 0 Å². The molecule has 1 aliphatic heterocycles. The highest BCUT2D eigenvalue weighted by Gasteiger charge is 2.59. The molecule has 11 heteroatoms. The average Bonchev–Trinajstić information content (AvgIpc) is 2.50. The standard InChI is InChI=1S/C17H18BrF5N2O3/c1-15(2,3)28-11(26)7-10-25-16(4,12(20)14(27-10)17(21,22)23)13-8(19)5-6-9(18)24-13/h5-6,12,14H,7H2,1-4H3/t12-,14-,16-/m0/s1. The first-order valence-corrected chi connectivity index (χ1v) is 8.93. The number of rotatable bonds is 3. The number of hydrogen-bond donors (Lipinski definition) is 0. The Hall–Kier alpha value is -1.78. The Balaban J connectivity index is 2.51. The summed E-state index contributed by atoms with van der Waals surface area (Å²) >= 11 is 2.97. The first kappa shape index (κ1) is 22.5. The van der Waals surface area contributed by atoms with Crippen molar-refractivity contribution in [3.8, 4) is 0 Å². The SMILES string of the molecule is CC(C)(C)OC(=O)CC1=N[C@](C)(c2nc(Br)ccc2F)[C@@H](F)[C@@H](C(F)(F)F)O1. The number of aliphatic imine (C=N–C) groups is 1. The van der Waals surface area contributed by atoms with Crippen LogP contribution in [0.3, 0.4) is 0 Å². The van der Waals surface area contributed by atoms with Crippen LogP contribution in [0.5, 0.6) is 0 Å². The Labute approximate surface area is 166 Å². The van der Waals surface area contributed by atoms with E-state index in [9.17, 15) is 26.7 Å². The Morgan fingerprint density at radius 1 is 1.32 bits per heavy atom. The van der Waals surface area contributed by atoms with E-state index in [1.165, 1.54) is 6.07 Å². The summed E-state index contributed by atoms with van der Waals surface area (Å²) < 4.78 is 79.0. The third kappa shape index (κ3) is 4.98. The quantitative estimate of drug-likeness (QED) is 0.365. The smallest absolute Gasteiger partial charge is 0.428 e. The van der Waals surface area contributed by atoms with E-state index in [-0.39, 0.29) is 4.60 Å². The number of esters is 1. The van der Waals surface area contributed by atoms with Crippen LogP contribution in [-0.2, 0) is 19.8 Å². The predicted octanol–water partition coefficient (Wildman–Crippen LogP) is 4.63. The zero-order valence-corrected chi connectivity index (χ0v) is 17.0. The van der Waals surface area contributed by atoms with Gasteiger partial charge in [0.1, 0.15) is 33.7 Å². The zero-order chi connectivity index (χ0) is 21.5. The summed E-state index contributed by atoms with van der Waals surface area (Å²) in [6.07, 6.45) is -11.7. The molecule has 1 aliphatic rings. The van der Waals surface area contributed by atoms with Crippen molar-refractivity contribution in [3.05, 3.63) is 28.2 Å². The highest BCUT2D eigenvalue weighted by Crippen LogP contribution is 2.43. The maximum Gasteiger partial charge on any atom is 0.428 e. The van der Waals surface area contributed by atoms with Crippen LogP contribution in [0.25, 0.3) is 0 Å². The lowest BCUT2D eigenvalue weighted by Gasteiger charge is -2.39. The number of nitrogens with zero attached hydrogens (tertiary/aromatic N) is 2. The maximum absolute atomic E-state index is 14.9. The molecule has 0 unspecified atom stereocenters. The summed E-state index contributed by atoms with van der Waals surface area (Å²) in [5, 5.41) is 0. The molecular formula is C17H18BrF5N2O3. The van der Waals surface area contributed by atoms with Gasteiger partial charge in [-0.2, -0.15) is 13.2 Å². The summed E-state index contributed by atoms with van der Waals surface area (Å²) in [6, 6.07) is 2.13. The van der Waals surface area contributed by atoms with Crippen LogP contribution in [0.1, 0.15) is 39.8 Å². The molecule has 28 heavy (non-hydrogen) atoms. The molecule has 0 saturated carbocycles. The number of carbonyl (C=O) groups excluding carboxylic acids is 1. The number of halogens is 6. The van der Waals surface area contributed by atoms with Gasteiger partial charge in [-0.15, -0.1) is 0 Å². The van der Waals surface area contributed by atoms with Gasteiger partial charge in [-0.3, -0.25) is 4.79 Å². The number of hydrogen-bond acceptors (Lipinski definition) is 5. The molecule has 0 amide bonds. The van der Waals surface area contributed by atoms with E-state index in [4.69, 9.17) is 4.74 Å². The van der Waals surface area contributed by atoms with Crippen molar-refractivity contribution in [2.75, 3.05) is 0 Å². The summed E-state index contributed by atoms with van der Waals surface area (Å²) in [4.78, 5) is 19.5. The zero-order valence-electron chi connectivity index (χ0n) is 15.4. The lowest BCUT2D eigenvalue weighted by molar-refractivity contribution is -0.228. The van der Waals surface area contributed by atoms with Crippen molar-refractivity contribution >= 4 is 27.8 Å². The summed E-state index contributed by atoms with van der Waals surface area (Å²) in [5.41, 5.74) is -3.92.